The topological polar surface area (TPSA) is 84.6 Å². The fraction of sp³-hybridized carbons (Fsp3) is 0.538. The second kappa shape index (κ2) is 8.44. The van der Waals surface area contributed by atoms with Crippen LogP contribution in [0.25, 0.3) is 0 Å². The summed E-state index contributed by atoms with van der Waals surface area (Å²) in [5.41, 5.74) is 0.925. The van der Waals surface area contributed by atoms with E-state index >= 15 is 0 Å². The Hall–Kier alpha value is -1.66. The average Bonchev–Trinajstić information content (AvgIpc) is 2.41. The third kappa shape index (κ3) is 5.23. The Balaban J connectivity index is 2.74. The summed E-state index contributed by atoms with van der Waals surface area (Å²) in [5.74, 6) is 0.290. The van der Waals surface area contributed by atoms with Gasteiger partial charge in [0.05, 0.1) is 11.5 Å². The summed E-state index contributed by atoms with van der Waals surface area (Å²) >= 11 is 0. The summed E-state index contributed by atoms with van der Waals surface area (Å²) in [6, 6.07) is 4.88. The third-order valence-corrected chi connectivity index (χ3v) is 2.61. The molecule has 0 unspecified atom stereocenters. The molecule has 2 N–H and O–H groups in total. The van der Waals surface area contributed by atoms with Crippen LogP contribution in [0, 0.1) is 10.1 Å². The minimum Gasteiger partial charge on any atom is -0.487 e. The lowest BCUT2D eigenvalue weighted by molar-refractivity contribution is -0.385. The molecule has 0 atom stereocenters. The van der Waals surface area contributed by atoms with Crippen LogP contribution in [0.5, 0.6) is 5.75 Å². The molecule has 6 nitrogen and oxygen atoms in total. The Morgan fingerprint density at radius 3 is 2.84 bits per heavy atom. The van der Waals surface area contributed by atoms with Gasteiger partial charge in [0.1, 0.15) is 0 Å². The first-order chi connectivity index (χ1) is 9.19. The van der Waals surface area contributed by atoms with E-state index in [2.05, 4.69) is 5.32 Å². The number of benzene rings is 1. The van der Waals surface area contributed by atoms with Gasteiger partial charge >= 0.3 is 5.69 Å². The van der Waals surface area contributed by atoms with Crippen LogP contribution in [-0.4, -0.2) is 29.8 Å². The first kappa shape index (κ1) is 15.4. The number of rotatable bonds is 9. The van der Waals surface area contributed by atoms with Crippen LogP contribution in [0.15, 0.2) is 18.2 Å². The van der Waals surface area contributed by atoms with Crippen LogP contribution in [0.1, 0.15) is 25.3 Å². The third-order valence-electron chi connectivity index (χ3n) is 2.61. The molecule has 0 bridgehead atoms. The lowest BCUT2D eigenvalue weighted by Gasteiger charge is -2.09. The maximum absolute atomic E-state index is 10.9. The van der Waals surface area contributed by atoms with Gasteiger partial charge in [0.25, 0.3) is 0 Å². The molecular weight excluding hydrogens is 248 g/mol. The Morgan fingerprint density at radius 1 is 1.42 bits per heavy atom. The average molecular weight is 268 g/mol. The van der Waals surface area contributed by atoms with Crippen molar-refractivity contribution in [2.75, 3.05) is 19.8 Å². The van der Waals surface area contributed by atoms with Crippen molar-refractivity contribution in [2.45, 2.75) is 26.3 Å². The summed E-state index contributed by atoms with van der Waals surface area (Å²) in [6.07, 6.45) is 1.30. The van der Waals surface area contributed by atoms with Crippen molar-refractivity contribution in [3.63, 3.8) is 0 Å². The first-order valence-corrected chi connectivity index (χ1v) is 6.40. The van der Waals surface area contributed by atoms with Crippen molar-refractivity contribution in [1.82, 2.24) is 5.32 Å². The summed E-state index contributed by atoms with van der Waals surface area (Å²) in [6.45, 7) is 3.96. The molecule has 0 saturated heterocycles. The van der Waals surface area contributed by atoms with E-state index in [0.717, 1.165) is 12.1 Å². The summed E-state index contributed by atoms with van der Waals surface area (Å²) in [4.78, 5) is 10.5. The van der Waals surface area contributed by atoms with E-state index in [-0.39, 0.29) is 12.3 Å². The molecular formula is C13H20N2O4. The molecule has 1 rings (SSSR count). The fourth-order valence-electron chi connectivity index (χ4n) is 1.60. The van der Waals surface area contributed by atoms with E-state index in [1.807, 2.05) is 6.92 Å². The number of nitro groups is 1. The molecule has 0 heterocycles. The van der Waals surface area contributed by atoms with Gasteiger partial charge in [0.15, 0.2) is 5.75 Å². The van der Waals surface area contributed by atoms with Gasteiger partial charge in [-0.1, -0.05) is 13.0 Å². The van der Waals surface area contributed by atoms with Crippen LogP contribution in [0.2, 0.25) is 0 Å². The monoisotopic (exact) mass is 268 g/mol. The number of unbranched alkanes of at least 4 members (excludes halogenated alkanes) is 1. The Morgan fingerprint density at radius 2 is 2.21 bits per heavy atom. The van der Waals surface area contributed by atoms with Gasteiger partial charge in [-0.15, -0.1) is 0 Å². The second-order valence-electron chi connectivity index (χ2n) is 4.12. The molecule has 6 heteroatoms. The van der Waals surface area contributed by atoms with Crippen molar-refractivity contribution in [2.24, 2.45) is 0 Å². The molecule has 19 heavy (non-hydrogen) atoms. The molecule has 0 aliphatic heterocycles. The lowest BCUT2D eigenvalue weighted by Crippen LogP contribution is -2.12. The Bertz CT molecular complexity index is 410. The van der Waals surface area contributed by atoms with Crippen molar-refractivity contribution >= 4 is 5.69 Å². The molecule has 0 aliphatic rings. The molecule has 1 aromatic rings. The Labute approximate surface area is 112 Å². The maximum atomic E-state index is 10.9. The standard InChI is InChI=1S/C13H20N2O4/c1-2-14-10-11-5-6-12(15(17)18)13(9-11)19-8-4-3-7-16/h5-6,9,14,16H,2-4,7-8,10H2,1H3. The van der Waals surface area contributed by atoms with Gasteiger partial charge < -0.3 is 15.2 Å². The van der Waals surface area contributed by atoms with E-state index in [9.17, 15) is 10.1 Å². The van der Waals surface area contributed by atoms with Gasteiger partial charge in [0, 0.05) is 19.2 Å². The largest absolute Gasteiger partial charge is 0.487 e. The number of hydrogen-bond donors (Lipinski definition) is 2. The molecule has 0 radical (unpaired) electrons. The predicted octanol–water partition coefficient (Wildman–Crippen LogP) is 1.86. The van der Waals surface area contributed by atoms with Gasteiger partial charge in [-0.2, -0.15) is 0 Å². The highest BCUT2D eigenvalue weighted by atomic mass is 16.6. The van der Waals surface area contributed by atoms with Crippen LogP contribution >= 0.6 is 0 Å². The maximum Gasteiger partial charge on any atom is 0.310 e. The molecule has 0 aromatic heterocycles. The number of aliphatic hydroxyl groups is 1. The zero-order valence-electron chi connectivity index (χ0n) is 11.1. The van der Waals surface area contributed by atoms with Gasteiger partial charge in [-0.3, -0.25) is 10.1 Å². The van der Waals surface area contributed by atoms with Gasteiger partial charge in [0.2, 0.25) is 0 Å². The summed E-state index contributed by atoms with van der Waals surface area (Å²) in [5, 5.41) is 22.7. The molecule has 106 valence electrons. The van der Waals surface area contributed by atoms with Crippen molar-refractivity contribution in [3.05, 3.63) is 33.9 Å². The highest BCUT2D eigenvalue weighted by molar-refractivity contribution is 5.48. The quantitative estimate of drug-likeness (QED) is 0.405. The number of nitrogens with zero attached hydrogens (tertiary/aromatic N) is 1. The minimum absolute atomic E-state index is 0.0238. The second-order valence-corrected chi connectivity index (χ2v) is 4.12. The van der Waals surface area contributed by atoms with Crippen LogP contribution in [0.4, 0.5) is 5.69 Å². The summed E-state index contributed by atoms with van der Waals surface area (Å²) in [7, 11) is 0. The van der Waals surface area contributed by atoms with Gasteiger partial charge in [-0.05, 0) is 31.0 Å². The smallest absolute Gasteiger partial charge is 0.310 e. The summed E-state index contributed by atoms with van der Waals surface area (Å²) < 4.78 is 5.44. The van der Waals surface area contributed by atoms with Crippen LogP contribution in [-0.2, 0) is 6.54 Å². The van der Waals surface area contributed by atoms with E-state index < -0.39 is 4.92 Å². The zero-order valence-corrected chi connectivity index (χ0v) is 11.1. The van der Waals surface area contributed by atoms with Crippen molar-refractivity contribution in [1.29, 1.82) is 0 Å². The Kier molecular flexibility index (Phi) is 6.84. The number of aliphatic hydroxyl groups excluding tert-OH is 1. The van der Waals surface area contributed by atoms with E-state index in [4.69, 9.17) is 9.84 Å². The molecule has 1 aromatic carbocycles. The van der Waals surface area contributed by atoms with Crippen LogP contribution in [0.3, 0.4) is 0 Å². The molecule has 0 spiro atoms. The zero-order chi connectivity index (χ0) is 14.1. The number of hydrogen-bond acceptors (Lipinski definition) is 5. The van der Waals surface area contributed by atoms with Crippen molar-refractivity contribution in [3.8, 4) is 5.75 Å². The predicted molar refractivity (Wildman–Crippen MR) is 72.3 cm³/mol. The highest BCUT2D eigenvalue weighted by Gasteiger charge is 2.15. The molecule has 0 fully saturated rings. The SMILES string of the molecule is CCNCc1ccc([N+](=O)[O-])c(OCCCCO)c1. The lowest BCUT2D eigenvalue weighted by atomic mass is 10.2. The van der Waals surface area contributed by atoms with Gasteiger partial charge in [-0.25, -0.2) is 0 Å². The number of nitro benzene ring substituents is 1. The van der Waals surface area contributed by atoms with Crippen LogP contribution < -0.4 is 10.1 Å². The first-order valence-electron chi connectivity index (χ1n) is 6.40. The molecule has 0 saturated carbocycles. The number of nitrogens with one attached hydrogen (secondary N) is 1. The molecule has 0 aliphatic carbocycles. The normalized spacial score (nSPS) is 10.4. The van der Waals surface area contributed by atoms with Crippen molar-refractivity contribution < 1.29 is 14.8 Å². The van der Waals surface area contributed by atoms with E-state index in [1.54, 1.807) is 12.1 Å². The highest BCUT2D eigenvalue weighted by Crippen LogP contribution is 2.28. The van der Waals surface area contributed by atoms with E-state index in [0.29, 0.717) is 31.7 Å². The minimum atomic E-state index is -0.446. The number of ether oxygens (including phenoxy) is 1. The van der Waals surface area contributed by atoms with E-state index in [1.165, 1.54) is 6.07 Å². The molecule has 0 amide bonds. The fourth-order valence-corrected chi connectivity index (χ4v) is 1.60.